The third-order valence-corrected chi connectivity index (χ3v) is 1.83. The smallest absolute Gasteiger partial charge is 0.219 e. The third kappa shape index (κ3) is 7.74. The second kappa shape index (κ2) is 8.01. The van der Waals surface area contributed by atoms with Crippen molar-refractivity contribution in [3.63, 3.8) is 0 Å². The Morgan fingerprint density at radius 3 is 2.15 bits per heavy atom. The molecule has 13 heavy (non-hydrogen) atoms. The Labute approximate surface area is 80.2 Å². The van der Waals surface area contributed by atoms with Crippen molar-refractivity contribution in [2.75, 3.05) is 40.4 Å². The van der Waals surface area contributed by atoms with Gasteiger partial charge >= 0.3 is 0 Å². The molecule has 78 valence electrons. The Balaban J connectivity index is 0.000000226. The van der Waals surface area contributed by atoms with E-state index in [0.717, 1.165) is 26.3 Å². The summed E-state index contributed by atoms with van der Waals surface area (Å²) in [6.45, 7) is 5.84. The van der Waals surface area contributed by atoms with Gasteiger partial charge in [-0.25, -0.2) is 0 Å². The van der Waals surface area contributed by atoms with Gasteiger partial charge in [-0.3, -0.25) is 4.79 Å². The minimum absolute atomic E-state index is 0.0926. The van der Waals surface area contributed by atoms with E-state index >= 15 is 0 Å². The Morgan fingerprint density at radius 1 is 1.46 bits per heavy atom. The number of likely N-dealkylation sites (N-methyl/N-ethyl adjacent to an activating group) is 1. The maximum absolute atomic E-state index is 10.1. The van der Waals surface area contributed by atoms with Gasteiger partial charge in [0.25, 0.3) is 0 Å². The van der Waals surface area contributed by atoms with Crippen LogP contribution < -0.4 is 5.32 Å². The molecular weight excluding hydrogens is 168 g/mol. The number of nitrogens with one attached hydrogen (secondary N) is 1. The molecule has 0 atom stereocenters. The number of hydrogen-bond donors (Lipinski definition) is 1. The van der Waals surface area contributed by atoms with Crippen LogP contribution in [0.4, 0.5) is 0 Å². The van der Waals surface area contributed by atoms with Crippen molar-refractivity contribution in [2.24, 2.45) is 0 Å². The van der Waals surface area contributed by atoms with E-state index in [1.807, 2.05) is 6.92 Å². The number of morpholine rings is 1. The second-order valence-corrected chi connectivity index (χ2v) is 2.94. The Bertz CT molecular complexity index is 128. The van der Waals surface area contributed by atoms with Crippen LogP contribution in [0.3, 0.4) is 0 Å². The van der Waals surface area contributed by atoms with Crippen LogP contribution in [-0.2, 0) is 9.53 Å². The fourth-order valence-electron chi connectivity index (χ4n) is 0.831. The first-order chi connectivity index (χ1) is 6.20. The number of nitrogens with zero attached hydrogens (tertiary/aromatic N) is 1. The molecule has 0 aromatic carbocycles. The van der Waals surface area contributed by atoms with Gasteiger partial charge in [-0.2, -0.15) is 0 Å². The van der Waals surface area contributed by atoms with Gasteiger partial charge in [0.05, 0.1) is 13.2 Å². The highest BCUT2D eigenvalue weighted by molar-refractivity contribution is 5.74. The first-order valence-electron chi connectivity index (χ1n) is 4.67. The number of rotatable bonds is 1. The molecule has 0 aliphatic carbocycles. The number of hydrogen-bond acceptors (Lipinski definition) is 3. The Kier molecular flexibility index (Phi) is 7.63. The van der Waals surface area contributed by atoms with E-state index in [-0.39, 0.29) is 5.91 Å². The predicted octanol–water partition coefficient (Wildman–Crippen LogP) is 0.0908. The SMILES string of the molecule is CCC(=O)NC.CN1CCOCC1. The average Bonchev–Trinajstić information content (AvgIpc) is 2.19. The number of ether oxygens (including phenoxy) is 1. The summed E-state index contributed by atoms with van der Waals surface area (Å²) >= 11 is 0. The van der Waals surface area contributed by atoms with Crippen LogP contribution in [0, 0.1) is 0 Å². The minimum Gasteiger partial charge on any atom is -0.379 e. The van der Waals surface area contributed by atoms with E-state index < -0.39 is 0 Å². The van der Waals surface area contributed by atoms with Crippen molar-refractivity contribution >= 4 is 5.91 Å². The lowest BCUT2D eigenvalue weighted by Gasteiger charge is -2.21. The third-order valence-electron chi connectivity index (χ3n) is 1.83. The van der Waals surface area contributed by atoms with E-state index in [4.69, 9.17) is 4.74 Å². The molecular formula is C9H20N2O2. The van der Waals surface area contributed by atoms with E-state index in [9.17, 15) is 4.79 Å². The highest BCUT2D eigenvalue weighted by atomic mass is 16.5. The molecule has 0 unspecified atom stereocenters. The molecule has 1 aliphatic rings. The molecule has 0 saturated carbocycles. The fraction of sp³-hybridized carbons (Fsp3) is 0.889. The molecule has 1 amide bonds. The molecule has 4 nitrogen and oxygen atoms in total. The van der Waals surface area contributed by atoms with Gasteiger partial charge in [-0.1, -0.05) is 6.92 Å². The zero-order valence-electron chi connectivity index (χ0n) is 8.80. The van der Waals surface area contributed by atoms with Crippen molar-refractivity contribution < 1.29 is 9.53 Å². The van der Waals surface area contributed by atoms with Crippen LogP contribution in [0.15, 0.2) is 0 Å². The van der Waals surface area contributed by atoms with E-state index in [1.165, 1.54) is 0 Å². The molecule has 0 bridgehead atoms. The molecule has 1 saturated heterocycles. The van der Waals surface area contributed by atoms with Gasteiger partial charge in [0.2, 0.25) is 5.91 Å². The van der Waals surface area contributed by atoms with E-state index in [1.54, 1.807) is 7.05 Å². The topological polar surface area (TPSA) is 41.6 Å². The van der Waals surface area contributed by atoms with Crippen LogP contribution in [0.2, 0.25) is 0 Å². The monoisotopic (exact) mass is 188 g/mol. The first kappa shape index (κ1) is 12.4. The van der Waals surface area contributed by atoms with E-state index in [0.29, 0.717) is 6.42 Å². The molecule has 0 aromatic heterocycles. The van der Waals surface area contributed by atoms with Crippen molar-refractivity contribution in [3.8, 4) is 0 Å². The summed E-state index contributed by atoms with van der Waals surface area (Å²) in [5.74, 6) is 0.0926. The summed E-state index contributed by atoms with van der Waals surface area (Å²) in [6, 6.07) is 0. The maximum atomic E-state index is 10.1. The summed E-state index contributed by atoms with van der Waals surface area (Å²) in [4.78, 5) is 12.3. The summed E-state index contributed by atoms with van der Waals surface area (Å²) in [7, 11) is 3.74. The predicted molar refractivity (Wildman–Crippen MR) is 52.7 cm³/mol. The molecule has 0 spiro atoms. The summed E-state index contributed by atoms with van der Waals surface area (Å²) in [5.41, 5.74) is 0. The molecule has 1 rings (SSSR count). The van der Waals surface area contributed by atoms with Gasteiger partial charge in [0.1, 0.15) is 0 Å². The molecule has 1 aliphatic heterocycles. The number of carbonyl (C=O) groups excluding carboxylic acids is 1. The van der Waals surface area contributed by atoms with Gasteiger partial charge in [0, 0.05) is 26.6 Å². The van der Waals surface area contributed by atoms with Crippen LogP contribution in [0.1, 0.15) is 13.3 Å². The van der Waals surface area contributed by atoms with Crippen LogP contribution >= 0.6 is 0 Å². The summed E-state index contributed by atoms with van der Waals surface area (Å²) in [5, 5.41) is 2.48. The van der Waals surface area contributed by atoms with E-state index in [2.05, 4.69) is 17.3 Å². The van der Waals surface area contributed by atoms with Crippen molar-refractivity contribution in [3.05, 3.63) is 0 Å². The summed E-state index contributed by atoms with van der Waals surface area (Å²) < 4.78 is 5.10. The van der Waals surface area contributed by atoms with Crippen molar-refractivity contribution in [1.82, 2.24) is 10.2 Å². The lowest BCUT2D eigenvalue weighted by Crippen LogP contribution is -2.32. The second-order valence-electron chi connectivity index (χ2n) is 2.94. The molecule has 4 heteroatoms. The van der Waals surface area contributed by atoms with Gasteiger partial charge < -0.3 is 15.0 Å². The maximum Gasteiger partial charge on any atom is 0.219 e. The Morgan fingerprint density at radius 2 is 2.00 bits per heavy atom. The fourth-order valence-corrected chi connectivity index (χ4v) is 0.831. The zero-order chi connectivity index (χ0) is 10.1. The average molecular weight is 188 g/mol. The molecule has 0 radical (unpaired) electrons. The normalized spacial score (nSPS) is 17.2. The van der Waals surface area contributed by atoms with Crippen LogP contribution in [0.5, 0.6) is 0 Å². The number of carbonyl (C=O) groups is 1. The van der Waals surface area contributed by atoms with Gasteiger partial charge in [-0.15, -0.1) is 0 Å². The lowest BCUT2D eigenvalue weighted by atomic mass is 10.5. The highest BCUT2D eigenvalue weighted by Gasteiger charge is 2.02. The van der Waals surface area contributed by atoms with Crippen LogP contribution in [0.25, 0.3) is 0 Å². The molecule has 1 N–H and O–H groups in total. The van der Waals surface area contributed by atoms with Crippen molar-refractivity contribution in [2.45, 2.75) is 13.3 Å². The Hall–Kier alpha value is -0.610. The zero-order valence-corrected chi connectivity index (χ0v) is 8.80. The summed E-state index contributed by atoms with van der Waals surface area (Å²) in [6.07, 6.45) is 0.580. The van der Waals surface area contributed by atoms with Gasteiger partial charge in [0.15, 0.2) is 0 Å². The first-order valence-corrected chi connectivity index (χ1v) is 4.67. The lowest BCUT2D eigenvalue weighted by molar-refractivity contribution is -0.120. The number of amides is 1. The molecule has 1 heterocycles. The van der Waals surface area contributed by atoms with Crippen LogP contribution in [-0.4, -0.2) is 51.2 Å². The highest BCUT2D eigenvalue weighted by Crippen LogP contribution is 1.89. The minimum atomic E-state index is 0.0926. The molecule has 1 fully saturated rings. The quantitative estimate of drug-likeness (QED) is 0.634. The van der Waals surface area contributed by atoms with Crippen molar-refractivity contribution in [1.29, 1.82) is 0 Å². The molecule has 0 aromatic rings. The standard InChI is InChI=1S/C5H11NO.C4H9NO/c1-6-2-4-7-5-3-6;1-3-4(6)5-2/h2-5H2,1H3;3H2,1-2H3,(H,5,6). The van der Waals surface area contributed by atoms with Gasteiger partial charge in [-0.05, 0) is 7.05 Å². The largest absolute Gasteiger partial charge is 0.379 e.